The second kappa shape index (κ2) is 15.0. The van der Waals surface area contributed by atoms with Crippen LogP contribution in [0.4, 0.5) is 23.8 Å². The van der Waals surface area contributed by atoms with Crippen LogP contribution in [0.1, 0.15) is 64.3 Å². The Morgan fingerprint density at radius 3 is 2.56 bits per heavy atom. The van der Waals surface area contributed by atoms with E-state index < -0.39 is 29.7 Å². The van der Waals surface area contributed by atoms with Gasteiger partial charge in [-0.2, -0.15) is 18.2 Å². The molecule has 0 saturated carbocycles. The van der Waals surface area contributed by atoms with E-state index in [1.807, 2.05) is 12.1 Å². The highest BCUT2D eigenvalue weighted by Gasteiger charge is 2.37. The van der Waals surface area contributed by atoms with Gasteiger partial charge in [-0.15, -0.1) is 0 Å². The number of rotatable bonds is 11. The Hall–Kier alpha value is -5.44. The normalized spacial score (nSPS) is 16.8. The second-order valence-corrected chi connectivity index (χ2v) is 12.8. The van der Waals surface area contributed by atoms with Gasteiger partial charge < -0.3 is 30.1 Å². The van der Waals surface area contributed by atoms with Crippen LogP contribution in [0, 0.1) is 0 Å². The maximum atomic E-state index is 14.1. The van der Waals surface area contributed by atoms with Crippen LogP contribution in [0.5, 0.6) is 11.8 Å². The molecule has 0 bridgehead atoms. The van der Waals surface area contributed by atoms with Crippen molar-refractivity contribution in [1.29, 1.82) is 0 Å². The molecule has 2 amide bonds. The number of nitrogens with zero attached hydrogens (tertiary/aromatic N) is 4. The maximum absolute atomic E-state index is 14.1. The molecule has 52 heavy (non-hydrogen) atoms. The zero-order chi connectivity index (χ0) is 37.2. The number of halogens is 4. The Bertz CT molecular complexity index is 2030. The van der Waals surface area contributed by atoms with E-state index in [0.717, 1.165) is 17.2 Å². The van der Waals surface area contributed by atoms with Crippen molar-refractivity contribution in [3.8, 4) is 34.3 Å². The smallest absolute Gasteiger partial charge is 0.419 e. The number of aldehydes is 1. The third-order valence-corrected chi connectivity index (χ3v) is 9.55. The molecule has 0 radical (unpaired) electrons. The molecule has 1 fully saturated rings. The molecule has 6 rings (SSSR count). The molecule has 1 saturated heterocycles. The number of fused-ring (bicyclic) bond motifs is 1. The Labute approximate surface area is 301 Å². The SMILES string of the molecule is COc1nc(N[C@H]2CCCc3c(-c4nccc(-c5ccc(CN(C[C@@H]6CCC(=O)N6)C(=O)O)c(OC)n5)c4Cl)cccc32)c(C(F)(F)F)cc1C=O. The number of nitrogens with one attached hydrogen (secondary N) is 2. The Morgan fingerprint density at radius 1 is 1.10 bits per heavy atom. The molecule has 16 heteroatoms. The first-order valence-electron chi connectivity index (χ1n) is 16.4. The molecule has 1 aliphatic carbocycles. The van der Waals surface area contributed by atoms with Crippen LogP contribution in [-0.2, 0) is 23.9 Å². The van der Waals surface area contributed by atoms with Gasteiger partial charge in [0, 0.05) is 41.9 Å². The quantitative estimate of drug-likeness (QED) is 0.138. The first-order valence-corrected chi connectivity index (χ1v) is 16.8. The van der Waals surface area contributed by atoms with Crippen LogP contribution < -0.4 is 20.1 Å². The number of pyridine rings is 3. The fourth-order valence-corrected chi connectivity index (χ4v) is 7.02. The van der Waals surface area contributed by atoms with Gasteiger partial charge in [0.1, 0.15) is 5.82 Å². The zero-order valence-electron chi connectivity index (χ0n) is 28.1. The lowest BCUT2D eigenvalue weighted by Crippen LogP contribution is -2.41. The monoisotopic (exact) mass is 738 g/mol. The molecule has 1 aromatic carbocycles. The number of ether oxygens (including phenoxy) is 2. The summed E-state index contributed by atoms with van der Waals surface area (Å²) in [4.78, 5) is 49.6. The molecule has 12 nitrogen and oxygen atoms in total. The predicted octanol–water partition coefficient (Wildman–Crippen LogP) is 6.96. The summed E-state index contributed by atoms with van der Waals surface area (Å²) in [6.45, 7) is 0.0940. The van der Waals surface area contributed by atoms with Gasteiger partial charge in [-0.1, -0.05) is 29.8 Å². The van der Waals surface area contributed by atoms with E-state index in [0.29, 0.717) is 60.2 Å². The Kier molecular flexibility index (Phi) is 10.5. The van der Waals surface area contributed by atoms with Gasteiger partial charge >= 0.3 is 12.3 Å². The molecule has 3 aromatic heterocycles. The van der Waals surface area contributed by atoms with Crippen molar-refractivity contribution in [2.24, 2.45) is 0 Å². The van der Waals surface area contributed by atoms with E-state index in [4.69, 9.17) is 21.1 Å². The molecular weight excluding hydrogens is 705 g/mol. The molecule has 2 atom stereocenters. The van der Waals surface area contributed by atoms with Crippen molar-refractivity contribution in [2.45, 2.75) is 56.9 Å². The number of methoxy groups -OCH3 is 2. The Balaban J connectivity index is 1.31. The number of anilines is 1. The summed E-state index contributed by atoms with van der Waals surface area (Å²) in [6, 6.07) is 10.5. The van der Waals surface area contributed by atoms with Crippen molar-refractivity contribution in [3.05, 3.63) is 81.5 Å². The lowest BCUT2D eigenvalue weighted by molar-refractivity contribution is -0.137. The lowest BCUT2D eigenvalue weighted by Gasteiger charge is -2.29. The minimum Gasteiger partial charge on any atom is -0.481 e. The molecule has 0 unspecified atom stereocenters. The van der Waals surface area contributed by atoms with Crippen molar-refractivity contribution >= 4 is 35.7 Å². The first kappa shape index (κ1) is 36.4. The van der Waals surface area contributed by atoms with Crippen LogP contribution in [0.25, 0.3) is 22.5 Å². The van der Waals surface area contributed by atoms with Crippen LogP contribution >= 0.6 is 11.6 Å². The van der Waals surface area contributed by atoms with Crippen molar-refractivity contribution in [3.63, 3.8) is 0 Å². The number of aromatic nitrogens is 3. The largest absolute Gasteiger partial charge is 0.481 e. The van der Waals surface area contributed by atoms with Gasteiger partial charge in [-0.05, 0) is 61.1 Å². The molecule has 1 aliphatic heterocycles. The van der Waals surface area contributed by atoms with Crippen molar-refractivity contribution in [2.75, 3.05) is 26.1 Å². The van der Waals surface area contributed by atoms with Crippen LogP contribution in [-0.4, -0.2) is 70.1 Å². The molecular formula is C36H34ClF3N6O6. The van der Waals surface area contributed by atoms with Crippen molar-refractivity contribution < 1.29 is 42.1 Å². The van der Waals surface area contributed by atoms with Gasteiger partial charge in [0.25, 0.3) is 0 Å². The third-order valence-electron chi connectivity index (χ3n) is 9.17. The number of carboxylic acid groups (broad SMARTS) is 1. The number of hydrogen-bond donors (Lipinski definition) is 3. The summed E-state index contributed by atoms with van der Waals surface area (Å²) in [5.74, 6) is -0.583. The molecule has 0 spiro atoms. The highest BCUT2D eigenvalue weighted by molar-refractivity contribution is 6.35. The summed E-state index contributed by atoms with van der Waals surface area (Å²) < 4.78 is 52.9. The van der Waals surface area contributed by atoms with E-state index >= 15 is 0 Å². The summed E-state index contributed by atoms with van der Waals surface area (Å²) in [5, 5.41) is 15.9. The van der Waals surface area contributed by atoms with Gasteiger partial charge in [0.05, 0.1) is 54.3 Å². The predicted molar refractivity (Wildman–Crippen MR) is 185 cm³/mol. The number of carbonyl (C=O) groups is 3. The van der Waals surface area contributed by atoms with Crippen LogP contribution in [0.2, 0.25) is 5.02 Å². The zero-order valence-corrected chi connectivity index (χ0v) is 28.8. The number of carbonyl (C=O) groups excluding carboxylic acids is 2. The molecule has 4 heterocycles. The summed E-state index contributed by atoms with van der Waals surface area (Å²) in [6.07, 6.45) is -1.41. The molecule has 2 aliphatic rings. The van der Waals surface area contributed by atoms with E-state index in [2.05, 4.69) is 25.6 Å². The van der Waals surface area contributed by atoms with Gasteiger partial charge in [-0.25, -0.2) is 9.78 Å². The summed E-state index contributed by atoms with van der Waals surface area (Å²) in [7, 11) is 2.66. The Morgan fingerprint density at radius 2 is 1.88 bits per heavy atom. The summed E-state index contributed by atoms with van der Waals surface area (Å²) in [5.41, 5.74) is 2.86. The van der Waals surface area contributed by atoms with Crippen LogP contribution in [0.3, 0.4) is 0 Å². The molecule has 272 valence electrons. The lowest BCUT2D eigenvalue weighted by atomic mass is 9.83. The van der Waals surface area contributed by atoms with E-state index in [1.54, 1.807) is 30.5 Å². The number of alkyl halides is 3. The fourth-order valence-electron chi connectivity index (χ4n) is 6.71. The molecule has 3 N–H and O–H groups in total. The van der Waals surface area contributed by atoms with Gasteiger partial charge in [-0.3, -0.25) is 14.6 Å². The standard InChI is InChI=1S/C36H34ClF3N6O6/c1-51-33-19(16-46(35(49)50)17-21-10-12-29(48)42-21)9-11-28(44-33)25-13-14-41-31(30(25)37)24-7-3-6-23-22(24)5-4-8-27(23)43-32-26(36(38,39)40)15-20(18-47)34(45-32)52-2/h3,6-7,9,11,13-15,18,21,27H,4-5,8,10,12,16-17H2,1-2H3,(H,42,48)(H,43,45)(H,49,50)/t21-,27-/m0/s1. The molecule has 4 aromatic rings. The van der Waals surface area contributed by atoms with E-state index in [1.165, 1.54) is 19.1 Å². The highest BCUT2D eigenvalue weighted by atomic mass is 35.5. The average Bonchev–Trinajstić information content (AvgIpc) is 3.55. The first-order chi connectivity index (χ1) is 24.9. The van der Waals surface area contributed by atoms with Gasteiger partial charge in [0.15, 0.2) is 6.29 Å². The minimum absolute atomic E-state index is 0.0210. The van der Waals surface area contributed by atoms with E-state index in [-0.39, 0.29) is 53.7 Å². The second-order valence-electron chi connectivity index (χ2n) is 12.4. The van der Waals surface area contributed by atoms with Crippen molar-refractivity contribution in [1.82, 2.24) is 25.2 Å². The van der Waals surface area contributed by atoms with Gasteiger partial charge in [0.2, 0.25) is 17.7 Å². The maximum Gasteiger partial charge on any atom is 0.419 e. The average molecular weight is 739 g/mol. The fraction of sp³-hybridized carbons (Fsp3) is 0.333. The third kappa shape index (κ3) is 7.45. The van der Waals surface area contributed by atoms with Crippen LogP contribution in [0.15, 0.2) is 48.7 Å². The number of hydrogen-bond acceptors (Lipinski definition) is 9. The highest BCUT2D eigenvalue weighted by Crippen LogP contribution is 2.43. The minimum atomic E-state index is -4.78. The number of amides is 2. The van der Waals surface area contributed by atoms with E-state index in [9.17, 15) is 32.7 Å². The topological polar surface area (TPSA) is 156 Å². The number of benzene rings is 1. The summed E-state index contributed by atoms with van der Waals surface area (Å²) >= 11 is 7.03.